The molecule has 0 N–H and O–H groups in total. The van der Waals surface area contributed by atoms with Crippen LogP contribution in [0.4, 0.5) is 0 Å². The first-order valence-corrected chi connectivity index (χ1v) is 22.0. The van der Waals surface area contributed by atoms with Crippen molar-refractivity contribution in [2.75, 3.05) is 0 Å². The zero-order chi connectivity index (χ0) is 29.8. The minimum Gasteiger partial charge on any atom is -0.268 e. The van der Waals surface area contributed by atoms with Crippen molar-refractivity contribution in [2.24, 2.45) is 0 Å². The van der Waals surface area contributed by atoms with Gasteiger partial charge in [-0.3, -0.25) is 9.59 Å². The van der Waals surface area contributed by atoms with Gasteiger partial charge in [0.25, 0.3) is 11.1 Å². The molecule has 1 heterocycles. The van der Waals surface area contributed by atoms with Gasteiger partial charge in [0.2, 0.25) is 0 Å². The predicted molar refractivity (Wildman–Crippen MR) is 188 cm³/mol. The van der Waals surface area contributed by atoms with Crippen LogP contribution in [-0.4, -0.2) is 20.7 Å². The average Bonchev–Trinajstić information content (AvgIpc) is 3.40. The van der Waals surface area contributed by atoms with Crippen LogP contribution in [0, 0.1) is 20.8 Å². The number of rotatable bonds is 3. The van der Waals surface area contributed by atoms with E-state index in [0.29, 0.717) is 16.5 Å². The van der Waals surface area contributed by atoms with Crippen LogP contribution in [-0.2, 0) is 0 Å². The van der Waals surface area contributed by atoms with Gasteiger partial charge in [-0.05, 0) is 103 Å². The summed E-state index contributed by atoms with van der Waals surface area (Å²) >= 11 is 0. The third-order valence-electron chi connectivity index (χ3n) is 10.0. The highest BCUT2D eigenvalue weighted by Gasteiger charge is 2.32. The van der Waals surface area contributed by atoms with Gasteiger partial charge in [0.1, 0.15) is 0 Å². The van der Waals surface area contributed by atoms with Crippen molar-refractivity contribution in [2.45, 2.75) is 60.1 Å². The molecule has 0 unspecified atom stereocenters. The lowest BCUT2D eigenvalue weighted by Crippen LogP contribution is -2.38. The van der Waals surface area contributed by atoms with Gasteiger partial charge in [-0.2, -0.15) is 0 Å². The first-order chi connectivity index (χ1) is 19.7. The second-order valence-corrected chi connectivity index (χ2v) is 24.7. The van der Waals surface area contributed by atoms with Gasteiger partial charge in [-0.15, -0.1) is 0 Å². The van der Waals surface area contributed by atoms with Crippen molar-refractivity contribution in [3.05, 3.63) is 85.9 Å². The summed E-state index contributed by atoms with van der Waals surface area (Å²) in [5.74, 6) is 0. The Kier molecular flexibility index (Phi) is 4.79. The van der Waals surface area contributed by atoms with Gasteiger partial charge in [-0.25, -0.2) is 4.57 Å². The van der Waals surface area contributed by atoms with E-state index in [1.165, 1.54) is 63.6 Å². The largest absolute Gasteiger partial charge is 0.268 e. The number of fused-ring (bicyclic) bond motifs is 3. The van der Waals surface area contributed by atoms with Crippen LogP contribution >= 0.6 is 0 Å². The number of nitrogens with zero attached hydrogens (tertiary/aromatic N) is 1. The van der Waals surface area contributed by atoms with Crippen LogP contribution < -0.4 is 21.5 Å². The van der Waals surface area contributed by atoms with Crippen LogP contribution in [0.3, 0.4) is 0 Å². The Hall–Kier alpha value is -3.81. The van der Waals surface area contributed by atoms with Gasteiger partial charge in [-0.1, -0.05) is 86.1 Å². The lowest BCUT2D eigenvalue weighted by molar-refractivity contribution is 0.982. The first-order valence-electron chi connectivity index (χ1n) is 15.0. The summed E-state index contributed by atoms with van der Waals surface area (Å²) in [7, 11) is -3.66. The molecule has 0 bridgehead atoms. The standard InChI is InChI=1S/C37H35NO2Si2/c1-18-14-22(15-19(2)20(18)3)38-36(39)34-25-16-27(41(4,5)6)23-12-10-21-11-13-24-28(42(7,8)9)17-26(35(34)37(38)40)33-31(24)29(21)30(23)32(25)33/h10-17H,1-9H3. The fourth-order valence-electron chi connectivity index (χ4n) is 7.80. The van der Waals surface area contributed by atoms with Crippen LogP contribution in [0.15, 0.2) is 58.1 Å². The Morgan fingerprint density at radius 3 is 1.31 bits per heavy atom. The topological polar surface area (TPSA) is 39.1 Å². The molecular weight excluding hydrogens is 547 g/mol. The lowest BCUT2D eigenvalue weighted by atomic mass is 9.95. The summed E-state index contributed by atoms with van der Waals surface area (Å²) in [5.41, 5.74) is 3.64. The second kappa shape index (κ2) is 7.77. The molecular formula is C37H35NO2Si2. The van der Waals surface area contributed by atoms with E-state index in [2.05, 4.69) is 96.5 Å². The molecule has 0 saturated heterocycles. The highest BCUT2D eigenvalue weighted by molar-refractivity contribution is 6.91. The summed E-state index contributed by atoms with van der Waals surface area (Å²) in [6.45, 7) is 20.5. The van der Waals surface area contributed by atoms with Crippen molar-refractivity contribution >= 4 is 91.2 Å². The van der Waals surface area contributed by atoms with E-state index in [0.717, 1.165) is 21.9 Å². The Morgan fingerprint density at radius 1 is 0.500 bits per heavy atom. The second-order valence-electron chi connectivity index (χ2n) is 14.7. The summed E-state index contributed by atoms with van der Waals surface area (Å²) in [4.78, 5) is 29.2. The number of aromatic nitrogens is 1. The molecule has 3 nitrogen and oxygen atoms in total. The molecule has 0 aliphatic rings. The molecule has 0 fully saturated rings. The average molecular weight is 582 g/mol. The molecule has 42 heavy (non-hydrogen) atoms. The summed E-state index contributed by atoms with van der Waals surface area (Å²) in [6, 6.07) is 17.7. The third-order valence-corrected chi connectivity index (χ3v) is 14.1. The number of benzene rings is 6. The molecule has 1 aromatic heterocycles. The Balaban J connectivity index is 1.74. The van der Waals surface area contributed by atoms with E-state index < -0.39 is 16.1 Å². The molecule has 0 aliphatic carbocycles. The lowest BCUT2D eigenvalue weighted by Gasteiger charge is -2.21. The monoisotopic (exact) mass is 581 g/mol. The number of hydrogen-bond donors (Lipinski definition) is 0. The third kappa shape index (κ3) is 3.00. The maximum absolute atomic E-state index is 14.6. The van der Waals surface area contributed by atoms with E-state index in [-0.39, 0.29) is 11.1 Å². The van der Waals surface area contributed by atoms with E-state index in [1.54, 1.807) is 0 Å². The zero-order valence-electron chi connectivity index (χ0n) is 25.9. The van der Waals surface area contributed by atoms with Crippen LogP contribution in [0.5, 0.6) is 0 Å². The Morgan fingerprint density at radius 2 is 0.905 bits per heavy atom. The molecule has 8 aromatic rings. The van der Waals surface area contributed by atoms with E-state index in [1.807, 2.05) is 12.1 Å². The first kappa shape index (κ1) is 25.9. The summed E-state index contributed by atoms with van der Waals surface area (Å²) in [5, 5.41) is 15.8. The maximum atomic E-state index is 14.6. The van der Waals surface area contributed by atoms with Crippen LogP contribution in [0.1, 0.15) is 16.7 Å². The van der Waals surface area contributed by atoms with Gasteiger partial charge in [0, 0.05) is 0 Å². The van der Waals surface area contributed by atoms with Crippen LogP contribution in [0.25, 0.3) is 70.3 Å². The molecule has 0 spiro atoms. The maximum Gasteiger partial charge on any atom is 0.266 e. The quantitative estimate of drug-likeness (QED) is 0.157. The smallest absolute Gasteiger partial charge is 0.266 e. The van der Waals surface area contributed by atoms with Gasteiger partial charge in [0.15, 0.2) is 0 Å². The van der Waals surface area contributed by atoms with Gasteiger partial charge >= 0.3 is 0 Å². The highest BCUT2D eigenvalue weighted by atomic mass is 28.3. The van der Waals surface area contributed by atoms with Crippen molar-refractivity contribution in [3.8, 4) is 5.69 Å². The normalized spacial score (nSPS) is 13.5. The van der Waals surface area contributed by atoms with Crippen molar-refractivity contribution in [1.29, 1.82) is 0 Å². The van der Waals surface area contributed by atoms with E-state index in [4.69, 9.17) is 0 Å². The molecule has 0 radical (unpaired) electrons. The van der Waals surface area contributed by atoms with Gasteiger partial charge in [0.05, 0.1) is 32.6 Å². The fraction of sp³-hybridized carbons (Fsp3) is 0.243. The minimum atomic E-state index is -1.83. The molecule has 0 amide bonds. The molecule has 0 atom stereocenters. The molecule has 0 aliphatic heterocycles. The SMILES string of the molecule is Cc1cc(-n2c(=O)c3c4cc([Si](C)(C)C)c5ccc6ccc7c([Si](C)(C)C)cc(c3c2=O)c2c7c6c5c42)cc(C)c1C. The minimum absolute atomic E-state index is 0.196. The highest BCUT2D eigenvalue weighted by Crippen LogP contribution is 2.49. The molecule has 8 rings (SSSR count). The van der Waals surface area contributed by atoms with E-state index in [9.17, 15) is 9.59 Å². The van der Waals surface area contributed by atoms with Crippen molar-refractivity contribution < 1.29 is 0 Å². The summed E-state index contributed by atoms with van der Waals surface area (Å²) in [6.07, 6.45) is 0. The van der Waals surface area contributed by atoms with Crippen LogP contribution in [0.2, 0.25) is 39.3 Å². The summed E-state index contributed by atoms with van der Waals surface area (Å²) < 4.78 is 1.45. The van der Waals surface area contributed by atoms with Gasteiger partial charge < -0.3 is 0 Å². The predicted octanol–water partition coefficient (Wildman–Crippen LogP) is 7.88. The molecule has 7 aromatic carbocycles. The van der Waals surface area contributed by atoms with Crippen molar-refractivity contribution in [3.63, 3.8) is 0 Å². The molecule has 208 valence electrons. The Bertz CT molecular complexity index is 2380. The number of aryl methyl sites for hydroxylation is 2. The van der Waals surface area contributed by atoms with E-state index >= 15 is 0 Å². The molecule has 5 heteroatoms. The Labute approximate surface area is 246 Å². The zero-order valence-corrected chi connectivity index (χ0v) is 27.9. The fourth-order valence-corrected chi connectivity index (χ4v) is 11.0. The van der Waals surface area contributed by atoms with Crippen molar-refractivity contribution in [1.82, 2.24) is 4.57 Å². The molecule has 0 saturated carbocycles. The number of hydrogen-bond acceptors (Lipinski definition) is 2.